The third-order valence-electron chi connectivity index (χ3n) is 1.21. The Kier molecular flexibility index (Phi) is 24.7. The SMILES string of the molecule is C=C(C)N(C)CCC.CC.CC. The molecule has 0 saturated carbocycles. The third kappa shape index (κ3) is 16.3. The highest BCUT2D eigenvalue weighted by atomic mass is 15.1. The number of rotatable bonds is 3. The van der Waals surface area contributed by atoms with Crippen LogP contribution < -0.4 is 0 Å². The molecule has 0 bridgehead atoms. The zero-order valence-electron chi connectivity index (χ0n) is 10.1. The summed E-state index contributed by atoms with van der Waals surface area (Å²) < 4.78 is 0. The maximum atomic E-state index is 3.80. The average molecular weight is 173 g/mol. The summed E-state index contributed by atoms with van der Waals surface area (Å²) in [5, 5.41) is 0. The molecule has 0 unspecified atom stereocenters. The van der Waals surface area contributed by atoms with Gasteiger partial charge in [0.15, 0.2) is 0 Å². The molecule has 0 aromatic heterocycles. The molecule has 0 spiro atoms. The quantitative estimate of drug-likeness (QED) is 0.625. The minimum atomic E-state index is 1.12. The summed E-state index contributed by atoms with van der Waals surface area (Å²) >= 11 is 0. The zero-order valence-corrected chi connectivity index (χ0v) is 10.1. The lowest BCUT2D eigenvalue weighted by atomic mass is 10.4. The predicted molar refractivity (Wildman–Crippen MR) is 60.4 cm³/mol. The van der Waals surface area contributed by atoms with Crippen molar-refractivity contribution >= 4 is 0 Å². The molecule has 0 aliphatic carbocycles. The fourth-order valence-corrected chi connectivity index (χ4v) is 0.526. The third-order valence-corrected chi connectivity index (χ3v) is 1.21. The highest BCUT2D eigenvalue weighted by molar-refractivity contribution is 4.85. The van der Waals surface area contributed by atoms with Crippen molar-refractivity contribution < 1.29 is 0 Å². The maximum Gasteiger partial charge on any atom is 0.0168 e. The molecule has 0 aromatic rings. The van der Waals surface area contributed by atoms with Crippen LogP contribution in [0.25, 0.3) is 0 Å². The van der Waals surface area contributed by atoms with Crippen LogP contribution in [0.15, 0.2) is 12.3 Å². The Balaban J connectivity index is -0.000000175. The maximum absolute atomic E-state index is 3.80. The van der Waals surface area contributed by atoms with Gasteiger partial charge < -0.3 is 4.90 Å². The molecule has 0 aliphatic rings. The molecule has 0 rings (SSSR count). The predicted octanol–water partition coefficient (Wildman–Crippen LogP) is 3.91. The van der Waals surface area contributed by atoms with Gasteiger partial charge in [-0.2, -0.15) is 0 Å². The summed E-state index contributed by atoms with van der Waals surface area (Å²) in [4.78, 5) is 2.15. The fraction of sp³-hybridized carbons (Fsp3) is 0.818. The molecule has 0 fully saturated rings. The lowest BCUT2D eigenvalue weighted by molar-refractivity contribution is 0.420. The Hall–Kier alpha value is -0.460. The highest BCUT2D eigenvalue weighted by Crippen LogP contribution is 1.95. The highest BCUT2D eigenvalue weighted by Gasteiger charge is 1.90. The van der Waals surface area contributed by atoms with Crippen molar-refractivity contribution in [3.05, 3.63) is 12.3 Å². The van der Waals surface area contributed by atoms with Crippen LogP contribution >= 0.6 is 0 Å². The standard InChI is InChI=1S/C7H15N.2C2H6/c1-5-6-8(4)7(2)3;2*1-2/h2,5-6H2,1,3-4H3;2*1-2H3. The first kappa shape index (κ1) is 17.6. The van der Waals surface area contributed by atoms with E-state index in [0.717, 1.165) is 12.2 Å². The topological polar surface area (TPSA) is 3.24 Å². The van der Waals surface area contributed by atoms with Gasteiger partial charge in [-0.05, 0) is 13.3 Å². The van der Waals surface area contributed by atoms with E-state index in [1.165, 1.54) is 6.42 Å². The summed E-state index contributed by atoms with van der Waals surface area (Å²) in [6.45, 7) is 17.1. The fourth-order valence-electron chi connectivity index (χ4n) is 0.526. The van der Waals surface area contributed by atoms with Crippen LogP contribution in [0, 0.1) is 0 Å². The van der Waals surface area contributed by atoms with Gasteiger partial charge in [0.05, 0.1) is 0 Å². The van der Waals surface area contributed by atoms with Gasteiger partial charge in [0, 0.05) is 19.3 Å². The van der Waals surface area contributed by atoms with E-state index in [-0.39, 0.29) is 0 Å². The van der Waals surface area contributed by atoms with Gasteiger partial charge in [-0.15, -0.1) is 0 Å². The zero-order chi connectivity index (χ0) is 10.6. The molecule has 0 amide bonds. The van der Waals surface area contributed by atoms with Gasteiger partial charge in [-0.25, -0.2) is 0 Å². The molecule has 1 heteroatoms. The first-order valence-corrected chi connectivity index (χ1v) is 5.05. The van der Waals surface area contributed by atoms with Gasteiger partial charge >= 0.3 is 0 Å². The molecular weight excluding hydrogens is 146 g/mol. The second kappa shape index (κ2) is 16.9. The molecule has 0 heterocycles. The first-order chi connectivity index (χ1) is 5.68. The summed E-state index contributed by atoms with van der Waals surface area (Å²) in [6, 6.07) is 0. The Morgan fingerprint density at radius 3 is 1.58 bits per heavy atom. The molecule has 76 valence electrons. The van der Waals surface area contributed by atoms with Gasteiger partial charge in [0.1, 0.15) is 0 Å². The number of allylic oxidation sites excluding steroid dienone is 1. The van der Waals surface area contributed by atoms with Crippen molar-refractivity contribution in [1.82, 2.24) is 4.90 Å². The van der Waals surface area contributed by atoms with Crippen LogP contribution in [0.1, 0.15) is 48.0 Å². The summed E-state index contributed by atoms with van der Waals surface area (Å²) in [5.41, 5.74) is 1.15. The van der Waals surface area contributed by atoms with E-state index >= 15 is 0 Å². The van der Waals surface area contributed by atoms with Crippen molar-refractivity contribution in [2.75, 3.05) is 13.6 Å². The molecule has 0 saturated heterocycles. The molecule has 1 nitrogen and oxygen atoms in total. The Morgan fingerprint density at radius 2 is 1.50 bits per heavy atom. The molecular formula is C11H27N. The smallest absolute Gasteiger partial charge is 0.0168 e. The Labute approximate surface area is 79.5 Å². The van der Waals surface area contributed by atoms with Gasteiger partial charge in [-0.1, -0.05) is 41.2 Å². The van der Waals surface area contributed by atoms with E-state index in [4.69, 9.17) is 0 Å². The summed E-state index contributed by atoms with van der Waals surface area (Å²) in [7, 11) is 2.06. The van der Waals surface area contributed by atoms with Crippen LogP contribution in [0.5, 0.6) is 0 Å². The molecule has 0 aliphatic heterocycles. The van der Waals surface area contributed by atoms with E-state index in [9.17, 15) is 0 Å². The molecule has 0 aromatic carbocycles. The number of hydrogen-bond acceptors (Lipinski definition) is 1. The van der Waals surface area contributed by atoms with Gasteiger partial charge in [-0.3, -0.25) is 0 Å². The van der Waals surface area contributed by atoms with Crippen molar-refractivity contribution in [1.29, 1.82) is 0 Å². The number of hydrogen-bond donors (Lipinski definition) is 0. The van der Waals surface area contributed by atoms with Crippen molar-refractivity contribution in [3.63, 3.8) is 0 Å². The molecule has 0 atom stereocenters. The van der Waals surface area contributed by atoms with E-state index in [2.05, 4.69) is 25.5 Å². The average Bonchev–Trinajstić information content (AvgIpc) is 2.12. The van der Waals surface area contributed by atoms with Crippen molar-refractivity contribution in [2.45, 2.75) is 48.0 Å². The van der Waals surface area contributed by atoms with Crippen LogP contribution in [0.3, 0.4) is 0 Å². The van der Waals surface area contributed by atoms with Crippen LogP contribution in [-0.2, 0) is 0 Å². The minimum Gasteiger partial charge on any atom is -0.379 e. The van der Waals surface area contributed by atoms with Crippen LogP contribution in [-0.4, -0.2) is 18.5 Å². The van der Waals surface area contributed by atoms with Crippen molar-refractivity contribution in [2.24, 2.45) is 0 Å². The van der Waals surface area contributed by atoms with E-state index in [0.29, 0.717) is 0 Å². The van der Waals surface area contributed by atoms with Gasteiger partial charge in [0.2, 0.25) is 0 Å². The summed E-state index contributed by atoms with van der Waals surface area (Å²) in [6.07, 6.45) is 1.20. The molecule has 0 N–H and O–H groups in total. The van der Waals surface area contributed by atoms with Crippen LogP contribution in [0.2, 0.25) is 0 Å². The van der Waals surface area contributed by atoms with Gasteiger partial charge in [0.25, 0.3) is 0 Å². The van der Waals surface area contributed by atoms with E-state index in [1.54, 1.807) is 0 Å². The Morgan fingerprint density at radius 1 is 1.17 bits per heavy atom. The Bertz CT molecular complexity index is 77.1. The second-order valence-electron chi connectivity index (χ2n) is 2.16. The molecule has 12 heavy (non-hydrogen) atoms. The first-order valence-electron chi connectivity index (χ1n) is 5.05. The minimum absolute atomic E-state index is 1.12. The molecule has 0 radical (unpaired) electrons. The van der Waals surface area contributed by atoms with E-state index in [1.807, 2.05) is 34.6 Å². The summed E-state index contributed by atoms with van der Waals surface area (Å²) in [5.74, 6) is 0. The van der Waals surface area contributed by atoms with E-state index < -0.39 is 0 Å². The largest absolute Gasteiger partial charge is 0.379 e. The lowest BCUT2D eigenvalue weighted by Crippen LogP contribution is -2.15. The monoisotopic (exact) mass is 173 g/mol. The normalized spacial score (nSPS) is 6.92. The lowest BCUT2D eigenvalue weighted by Gasteiger charge is -2.16. The van der Waals surface area contributed by atoms with Crippen molar-refractivity contribution in [3.8, 4) is 0 Å². The second-order valence-corrected chi connectivity index (χ2v) is 2.16. The number of nitrogens with zero attached hydrogens (tertiary/aromatic N) is 1. The van der Waals surface area contributed by atoms with Crippen LogP contribution in [0.4, 0.5) is 0 Å².